The third-order valence-electron chi connectivity index (χ3n) is 3.02. The van der Waals surface area contributed by atoms with Crippen LogP contribution in [0.4, 0.5) is 0 Å². The second kappa shape index (κ2) is 5.61. The molecule has 2 unspecified atom stereocenters. The van der Waals surface area contributed by atoms with Crippen LogP contribution in [0.1, 0.15) is 24.8 Å². The molecule has 0 saturated heterocycles. The van der Waals surface area contributed by atoms with Gasteiger partial charge in [0.2, 0.25) is 0 Å². The fourth-order valence-electron chi connectivity index (χ4n) is 2.12. The molecule has 1 aliphatic rings. The van der Waals surface area contributed by atoms with Gasteiger partial charge in [0.05, 0.1) is 6.61 Å². The number of halogens is 1. The number of nitrogens with zero attached hydrogens (tertiary/aromatic N) is 1. The number of hydrogen-bond acceptors (Lipinski definition) is 2. The van der Waals surface area contributed by atoms with Crippen LogP contribution in [0.3, 0.4) is 0 Å². The van der Waals surface area contributed by atoms with Gasteiger partial charge in [0.25, 0.3) is 5.91 Å². The van der Waals surface area contributed by atoms with Crippen LogP contribution < -0.4 is 16.2 Å². The number of amides is 1. The Morgan fingerprint density at radius 2 is 2.26 bits per heavy atom. The number of carbonyl (C=O) groups is 1. The van der Waals surface area contributed by atoms with Crippen molar-refractivity contribution in [1.29, 1.82) is 0 Å². The SMILES string of the molecule is CCOc1ccc(Br)cc1C1CC1C(=O)N=C(N)N. The molecule has 0 aromatic heterocycles. The first-order valence-corrected chi connectivity index (χ1v) is 6.88. The average molecular weight is 326 g/mol. The monoisotopic (exact) mass is 325 g/mol. The lowest BCUT2D eigenvalue weighted by molar-refractivity contribution is -0.119. The number of hydrogen-bond donors (Lipinski definition) is 2. The number of rotatable bonds is 4. The van der Waals surface area contributed by atoms with Crippen molar-refractivity contribution in [3.05, 3.63) is 28.2 Å². The summed E-state index contributed by atoms with van der Waals surface area (Å²) in [5, 5.41) is 0. The summed E-state index contributed by atoms with van der Waals surface area (Å²) in [6, 6.07) is 5.81. The van der Waals surface area contributed by atoms with Crippen molar-refractivity contribution in [2.75, 3.05) is 6.61 Å². The van der Waals surface area contributed by atoms with E-state index in [-0.39, 0.29) is 23.7 Å². The van der Waals surface area contributed by atoms with Gasteiger partial charge in [-0.25, -0.2) is 0 Å². The predicted octanol–water partition coefficient (Wildman–Crippen LogP) is 1.75. The van der Waals surface area contributed by atoms with Gasteiger partial charge in [0, 0.05) is 16.3 Å². The molecule has 1 aromatic rings. The molecule has 1 fully saturated rings. The number of ether oxygens (including phenoxy) is 1. The maximum Gasteiger partial charge on any atom is 0.252 e. The molecule has 2 atom stereocenters. The summed E-state index contributed by atoms with van der Waals surface area (Å²) in [5.41, 5.74) is 11.5. The highest BCUT2D eigenvalue weighted by Crippen LogP contribution is 2.51. The molecule has 0 aliphatic heterocycles. The van der Waals surface area contributed by atoms with Gasteiger partial charge in [-0.05, 0) is 37.1 Å². The molecule has 0 radical (unpaired) electrons. The van der Waals surface area contributed by atoms with Crippen LogP contribution in [0, 0.1) is 5.92 Å². The van der Waals surface area contributed by atoms with E-state index in [2.05, 4.69) is 20.9 Å². The fraction of sp³-hybridized carbons (Fsp3) is 0.385. The molecule has 1 amide bonds. The number of aliphatic imine (C=N–C) groups is 1. The highest BCUT2D eigenvalue weighted by Gasteiger charge is 2.45. The van der Waals surface area contributed by atoms with E-state index in [1.165, 1.54) is 0 Å². The minimum atomic E-state index is -0.257. The molecular formula is C13H16BrN3O2. The summed E-state index contributed by atoms with van der Waals surface area (Å²) in [5.74, 6) is 0.364. The Bertz CT molecular complexity index is 527. The first-order valence-electron chi connectivity index (χ1n) is 6.08. The fourth-order valence-corrected chi connectivity index (χ4v) is 2.50. The zero-order valence-electron chi connectivity index (χ0n) is 10.6. The molecule has 2 rings (SSSR count). The van der Waals surface area contributed by atoms with E-state index in [0.717, 1.165) is 22.2 Å². The zero-order valence-corrected chi connectivity index (χ0v) is 12.2. The van der Waals surface area contributed by atoms with Crippen molar-refractivity contribution in [3.63, 3.8) is 0 Å². The standard InChI is InChI=1S/C13H16BrN3O2/c1-2-19-11-4-3-7(14)5-9(11)8-6-10(8)12(18)17-13(15)16/h3-5,8,10H,2,6H2,1H3,(H4,15,16,17,18). The number of benzene rings is 1. The molecule has 0 spiro atoms. The highest BCUT2D eigenvalue weighted by molar-refractivity contribution is 9.10. The van der Waals surface area contributed by atoms with Crippen LogP contribution in [0.5, 0.6) is 5.75 Å². The lowest BCUT2D eigenvalue weighted by Crippen LogP contribution is -2.24. The molecule has 1 aliphatic carbocycles. The molecule has 102 valence electrons. The Kier molecular flexibility index (Phi) is 4.09. The number of guanidine groups is 1. The quantitative estimate of drug-likeness (QED) is 0.651. The lowest BCUT2D eigenvalue weighted by atomic mass is 10.1. The van der Waals surface area contributed by atoms with Crippen LogP contribution in [0.15, 0.2) is 27.7 Å². The second-order valence-corrected chi connectivity index (χ2v) is 5.35. The van der Waals surface area contributed by atoms with E-state index in [1.807, 2.05) is 25.1 Å². The molecule has 0 heterocycles. The number of nitrogens with two attached hydrogens (primary N) is 2. The summed E-state index contributed by atoms with van der Waals surface area (Å²) in [6.07, 6.45) is 0.756. The normalized spacial score (nSPS) is 20.7. The van der Waals surface area contributed by atoms with E-state index < -0.39 is 0 Å². The van der Waals surface area contributed by atoms with Crippen molar-refractivity contribution >= 4 is 27.8 Å². The van der Waals surface area contributed by atoms with E-state index in [1.54, 1.807) is 0 Å². The molecule has 4 N–H and O–H groups in total. The van der Waals surface area contributed by atoms with Gasteiger partial charge in [-0.15, -0.1) is 0 Å². The maximum atomic E-state index is 11.8. The molecular weight excluding hydrogens is 310 g/mol. The Morgan fingerprint density at radius 3 is 2.89 bits per heavy atom. The summed E-state index contributed by atoms with van der Waals surface area (Å²) in [6.45, 7) is 2.52. The number of carbonyl (C=O) groups excluding carboxylic acids is 1. The summed E-state index contributed by atoms with van der Waals surface area (Å²) < 4.78 is 6.55. The molecule has 0 bridgehead atoms. The van der Waals surface area contributed by atoms with E-state index in [0.29, 0.717) is 6.61 Å². The van der Waals surface area contributed by atoms with E-state index in [9.17, 15) is 4.79 Å². The second-order valence-electron chi connectivity index (χ2n) is 4.44. The maximum absolute atomic E-state index is 11.8. The Balaban J connectivity index is 2.18. The molecule has 19 heavy (non-hydrogen) atoms. The van der Waals surface area contributed by atoms with Gasteiger partial charge in [-0.2, -0.15) is 4.99 Å². The summed E-state index contributed by atoms with van der Waals surface area (Å²) >= 11 is 3.43. The van der Waals surface area contributed by atoms with Crippen molar-refractivity contribution in [3.8, 4) is 5.75 Å². The van der Waals surface area contributed by atoms with Crippen molar-refractivity contribution in [1.82, 2.24) is 0 Å². The van der Waals surface area contributed by atoms with Crippen LogP contribution in [-0.2, 0) is 4.79 Å². The Hall–Kier alpha value is -1.56. The van der Waals surface area contributed by atoms with Gasteiger partial charge in [-0.1, -0.05) is 15.9 Å². The highest BCUT2D eigenvalue weighted by atomic mass is 79.9. The molecule has 1 saturated carbocycles. The van der Waals surface area contributed by atoms with Gasteiger partial charge in [-0.3, -0.25) is 4.79 Å². The van der Waals surface area contributed by atoms with Gasteiger partial charge < -0.3 is 16.2 Å². The topological polar surface area (TPSA) is 90.7 Å². The Morgan fingerprint density at radius 1 is 1.53 bits per heavy atom. The predicted molar refractivity (Wildman–Crippen MR) is 77.0 cm³/mol. The van der Waals surface area contributed by atoms with E-state index in [4.69, 9.17) is 16.2 Å². The molecule has 5 nitrogen and oxygen atoms in total. The van der Waals surface area contributed by atoms with Crippen LogP contribution >= 0.6 is 15.9 Å². The van der Waals surface area contributed by atoms with E-state index >= 15 is 0 Å². The Labute approximate surface area is 120 Å². The first-order chi connectivity index (χ1) is 9.02. The zero-order chi connectivity index (χ0) is 14.0. The van der Waals surface area contributed by atoms with Crippen molar-refractivity contribution < 1.29 is 9.53 Å². The molecule has 1 aromatic carbocycles. The van der Waals surface area contributed by atoms with Gasteiger partial charge in [0.1, 0.15) is 5.75 Å². The largest absolute Gasteiger partial charge is 0.494 e. The molecule has 6 heteroatoms. The van der Waals surface area contributed by atoms with Crippen molar-refractivity contribution in [2.45, 2.75) is 19.3 Å². The van der Waals surface area contributed by atoms with Crippen LogP contribution in [0.2, 0.25) is 0 Å². The summed E-state index contributed by atoms with van der Waals surface area (Å²) in [4.78, 5) is 15.3. The van der Waals surface area contributed by atoms with Gasteiger partial charge in [0.15, 0.2) is 5.96 Å². The van der Waals surface area contributed by atoms with Crippen LogP contribution in [-0.4, -0.2) is 18.5 Å². The average Bonchev–Trinajstić information content (AvgIpc) is 3.11. The third-order valence-corrected chi connectivity index (χ3v) is 3.51. The minimum absolute atomic E-state index is 0.134. The minimum Gasteiger partial charge on any atom is -0.494 e. The van der Waals surface area contributed by atoms with Crippen molar-refractivity contribution in [2.24, 2.45) is 22.4 Å². The third kappa shape index (κ3) is 3.26. The smallest absolute Gasteiger partial charge is 0.252 e. The first kappa shape index (κ1) is 13.9. The van der Waals surface area contributed by atoms with Gasteiger partial charge >= 0.3 is 0 Å². The summed E-state index contributed by atoms with van der Waals surface area (Å²) in [7, 11) is 0. The lowest BCUT2D eigenvalue weighted by Gasteiger charge is -2.10. The van der Waals surface area contributed by atoms with Crippen LogP contribution in [0.25, 0.3) is 0 Å².